The lowest BCUT2D eigenvalue weighted by molar-refractivity contribution is 0.123. The number of likely N-dealkylation sites (tertiary alicyclic amines) is 1. The third kappa shape index (κ3) is 1.53. The first-order valence-corrected chi connectivity index (χ1v) is 4.05. The molecule has 3 nitrogen and oxygen atoms in total. The van der Waals surface area contributed by atoms with Crippen molar-refractivity contribution in [2.24, 2.45) is 5.16 Å². The molecule has 0 bridgehead atoms. The predicted octanol–water partition coefficient (Wildman–Crippen LogP) is 1.32. The summed E-state index contributed by atoms with van der Waals surface area (Å²) in [5, 5.41) is 11.6. The van der Waals surface area contributed by atoms with Crippen molar-refractivity contribution < 1.29 is 5.21 Å². The quantitative estimate of drug-likeness (QED) is 0.483. The Kier molecular flexibility index (Phi) is 2.18. The van der Waals surface area contributed by atoms with E-state index in [1.54, 1.807) is 0 Å². The van der Waals surface area contributed by atoms with Crippen LogP contribution in [-0.2, 0) is 0 Å². The van der Waals surface area contributed by atoms with Crippen LogP contribution in [0.15, 0.2) is 5.16 Å². The van der Waals surface area contributed by atoms with Crippen molar-refractivity contribution in [2.75, 3.05) is 13.1 Å². The lowest BCUT2D eigenvalue weighted by Crippen LogP contribution is -2.57. The molecule has 0 radical (unpaired) electrons. The molecule has 1 aliphatic rings. The molecule has 0 spiro atoms. The monoisotopic (exact) mass is 156 g/mol. The van der Waals surface area contributed by atoms with Crippen LogP contribution in [0.3, 0.4) is 0 Å². The van der Waals surface area contributed by atoms with Crippen LogP contribution in [0.1, 0.15) is 27.2 Å². The third-order valence-electron chi connectivity index (χ3n) is 2.61. The summed E-state index contributed by atoms with van der Waals surface area (Å²) in [6.45, 7) is 8.26. The fraction of sp³-hybridized carbons (Fsp3) is 0.875. The van der Waals surface area contributed by atoms with Gasteiger partial charge in [-0.2, -0.15) is 0 Å². The van der Waals surface area contributed by atoms with Gasteiger partial charge in [0.15, 0.2) is 0 Å². The Morgan fingerprint density at radius 1 is 1.55 bits per heavy atom. The SMILES string of the molecule is CCC(C)(C)N1CC(=NO)C1. The van der Waals surface area contributed by atoms with Crippen molar-refractivity contribution in [3.05, 3.63) is 0 Å². The third-order valence-corrected chi connectivity index (χ3v) is 2.61. The summed E-state index contributed by atoms with van der Waals surface area (Å²) < 4.78 is 0. The molecule has 0 saturated carbocycles. The van der Waals surface area contributed by atoms with Gasteiger partial charge >= 0.3 is 0 Å². The molecule has 0 amide bonds. The Balaban J connectivity index is 2.43. The highest BCUT2D eigenvalue weighted by atomic mass is 16.4. The Morgan fingerprint density at radius 3 is 2.45 bits per heavy atom. The van der Waals surface area contributed by atoms with Crippen molar-refractivity contribution in [1.29, 1.82) is 0 Å². The van der Waals surface area contributed by atoms with Gasteiger partial charge in [0, 0.05) is 18.6 Å². The maximum Gasteiger partial charge on any atom is 0.0851 e. The van der Waals surface area contributed by atoms with E-state index in [1.807, 2.05) is 0 Å². The molecule has 0 aromatic rings. The number of hydrogen-bond acceptors (Lipinski definition) is 3. The average molecular weight is 156 g/mol. The van der Waals surface area contributed by atoms with Crippen molar-refractivity contribution in [1.82, 2.24) is 4.90 Å². The minimum atomic E-state index is 0.258. The normalized spacial score (nSPS) is 19.7. The minimum Gasteiger partial charge on any atom is -0.411 e. The van der Waals surface area contributed by atoms with Crippen LogP contribution in [0.4, 0.5) is 0 Å². The number of hydrogen-bond donors (Lipinski definition) is 1. The summed E-state index contributed by atoms with van der Waals surface area (Å²) in [7, 11) is 0. The zero-order valence-electron chi connectivity index (χ0n) is 7.46. The number of oxime groups is 1. The summed E-state index contributed by atoms with van der Waals surface area (Å²) in [5.41, 5.74) is 1.15. The Bertz CT molecular complexity index is 167. The summed E-state index contributed by atoms with van der Waals surface area (Å²) in [6, 6.07) is 0. The van der Waals surface area contributed by atoms with Crippen LogP contribution in [0, 0.1) is 0 Å². The first-order valence-electron chi connectivity index (χ1n) is 4.05. The van der Waals surface area contributed by atoms with Gasteiger partial charge in [-0.3, -0.25) is 4.90 Å². The van der Waals surface area contributed by atoms with Crippen molar-refractivity contribution >= 4 is 5.71 Å². The van der Waals surface area contributed by atoms with Crippen LogP contribution < -0.4 is 0 Å². The van der Waals surface area contributed by atoms with E-state index in [2.05, 4.69) is 30.8 Å². The van der Waals surface area contributed by atoms with Gasteiger partial charge < -0.3 is 5.21 Å². The molecule has 1 saturated heterocycles. The van der Waals surface area contributed by atoms with E-state index < -0.39 is 0 Å². The summed E-state index contributed by atoms with van der Waals surface area (Å²) in [6.07, 6.45) is 1.13. The van der Waals surface area contributed by atoms with E-state index in [-0.39, 0.29) is 5.54 Å². The second-order valence-electron chi connectivity index (χ2n) is 3.69. The zero-order valence-corrected chi connectivity index (χ0v) is 7.46. The fourth-order valence-corrected chi connectivity index (χ4v) is 1.11. The van der Waals surface area contributed by atoms with Gasteiger partial charge in [0.1, 0.15) is 0 Å². The standard InChI is InChI=1S/C8H16N2O/c1-4-8(2,3)10-5-7(6-10)9-11/h11H,4-6H2,1-3H3. The lowest BCUT2D eigenvalue weighted by Gasteiger charge is -2.44. The van der Waals surface area contributed by atoms with Gasteiger partial charge in [0.05, 0.1) is 5.71 Å². The minimum absolute atomic E-state index is 0.258. The van der Waals surface area contributed by atoms with Gasteiger partial charge in [0.25, 0.3) is 0 Å². The first-order chi connectivity index (χ1) is 5.10. The van der Waals surface area contributed by atoms with Crippen LogP contribution in [0.2, 0.25) is 0 Å². The highest BCUT2D eigenvalue weighted by molar-refractivity contribution is 5.92. The Morgan fingerprint density at radius 2 is 2.09 bits per heavy atom. The van der Waals surface area contributed by atoms with Crippen LogP contribution in [-0.4, -0.2) is 34.4 Å². The van der Waals surface area contributed by atoms with Gasteiger partial charge in [-0.15, -0.1) is 0 Å². The highest BCUT2D eigenvalue weighted by Gasteiger charge is 2.33. The van der Waals surface area contributed by atoms with Crippen molar-refractivity contribution in [3.63, 3.8) is 0 Å². The van der Waals surface area contributed by atoms with E-state index in [0.717, 1.165) is 25.2 Å². The van der Waals surface area contributed by atoms with E-state index in [4.69, 9.17) is 5.21 Å². The molecule has 0 atom stereocenters. The van der Waals surface area contributed by atoms with Gasteiger partial charge in [-0.05, 0) is 20.3 Å². The van der Waals surface area contributed by atoms with Crippen LogP contribution in [0.25, 0.3) is 0 Å². The molecule has 1 N–H and O–H groups in total. The smallest absolute Gasteiger partial charge is 0.0851 e. The lowest BCUT2D eigenvalue weighted by atomic mass is 9.94. The molecular formula is C8H16N2O. The largest absolute Gasteiger partial charge is 0.411 e. The van der Waals surface area contributed by atoms with Gasteiger partial charge in [0.2, 0.25) is 0 Å². The molecule has 64 valence electrons. The van der Waals surface area contributed by atoms with E-state index >= 15 is 0 Å². The Labute approximate surface area is 67.7 Å². The molecule has 1 rings (SSSR count). The summed E-state index contributed by atoms with van der Waals surface area (Å²) in [5.74, 6) is 0. The predicted molar refractivity (Wildman–Crippen MR) is 45.2 cm³/mol. The first kappa shape index (κ1) is 8.53. The molecule has 1 heterocycles. The second-order valence-corrected chi connectivity index (χ2v) is 3.69. The number of nitrogens with zero attached hydrogens (tertiary/aromatic N) is 2. The van der Waals surface area contributed by atoms with Crippen molar-refractivity contribution in [3.8, 4) is 0 Å². The molecule has 0 aromatic heterocycles. The summed E-state index contributed by atoms with van der Waals surface area (Å²) >= 11 is 0. The van der Waals surface area contributed by atoms with Gasteiger partial charge in [-0.1, -0.05) is 12.1 Å². The molecule has 0 unspecified atom stereocenters. The summed E-state index contributed by atoms with van der Waals surface area (Å²) in [4.78, 5) is 2.31. The average Bonchev–Trinajstić information content (AvgIpc) is 1.85. The van der Waals surface area contributed by atoms with E-state index in [1.165, 1.54) is 0 Å². The van der Waals surface area contributed by atoms with Crippen LogP contribution >= 0.6 is 0 Å². The molecule has 0 aliphatic carbocycles. The molecular weight excluding hydrogens is 140 g/mol. The van der Waals surface area contributed by atoms with Crippen LogP contribution in [0.5, 0.6) is 0 Å². The molecule has 11 heavy (non-hydrogen) atoms. The second kappa shape index (κ2) is 2.81. The maximum absolute atomic E-state index is 8.40. The van der Waals surface area contributed by atoms with E-state index in [0.29, 0.717) is 0 Å². The Hall–Kier alpha value is -0.570. The highest BCUT2D eigenvalue weighted by Crippen LogP contribution is 2.22. The van der Waals surface area contributed by atoms with Gasteiger partial charge in [-0.25, -0.2) is 0 Å². The molecule has 1 fully saturated rings. The van der Waals surface area contributed by atoms with E-state index in [9.17, 15) is 0 Å². The fourth-order valence-electron chi connectivity index (χ4n) is 1.11. The molecule has 1 aliphatic heterocycles. The molecule has 0 aromatic carbocycles. The maximum atomic E-state index is 8.40. The molecule has 3 heteroatoms. The topological polar surface area (TPSA) is 35.8 Å². The zero-order chi connectivity index (χ0) is 8.48. The number of rotatable bonds is 2. The van der Waals surface area contributed by atoms with Crippen molar-refractivity contribution in [2.45, 2.75) is 32.7 Å².